The van der Waals surface area contributed by atoms with Crippen LogP contribution in [0.1, 0.15) is 12.8 Å². The average Bonchev–Trinajstić information content (AvgIpc) is 2.78. The van der Waals surface area contributed by atoms with Crippen LogP contribution in [0.25, 0.3) is 11.5 Å². The van der Waals surface area contributed by atoms with Gasteiger partial charge in [-0.15, -0.1) is 10.2 Å². The van der Waals surface area contributed by atoms with Crippen molar-refractivity contribution in [3.63, 3.8) is 0 Å². The maximum absolute atomic E-state index is 5.43. The third kappa shape index (κ3) is 1.98. The van der Waals surface area contributed by atoms with Crippen LogP contribution in [0.2, 0.25) is 0 Å². The summed E-state index contributed by atoms with van der Waals surface area (Å²) < 4.78 is 10.5. The molecule has 0 saturated heterocycles. The van der Waals surface area contributed by atoms with Crippen molar-refractivity contribution < 1.29 is 9.15 Å². The molecule has 2 aromatic rings. The number of benzene rings is 1. The number of hydrogen-bond acceptors (Lipinski definition) is 4. The minimum absolute atomic E-state index is 0.550. The third-order valence-corrected chi connectivity index (χ3v) is 2.11. The third-order valence-electron chi connectivity index (χ3n) is 2.11. The molecule has 0 aliphatic heterocycles. The molecule has 0 bridgehead atoms. The highest BCUT2D eigenvalue weighted by Crippen LogP contribution is 2.20. The molecule has 0 spiro atoms. The van der Waals surface area contributed by atoms with Crippen LogP contribution >= 0.6 is 0 Å². The van der Waals surface area contributed by atoms with Crippen molar-refractivity contribution >= 4 is 0 Å². The Morgan fingerprint density at radius 3 is 2.47 bits per heavy atom. The molecule has 0 amide bonds. The molecule has 2 rings (SSSR count). The van der Waals surface area contributed by atoms with Crippen molar-refractivity contribution in [1.29, 1.82) is 0 Å². The van der Waals surface area contributed by atoms with Gasteiger partial charge >= 0.3 is 0 Å². The molecule has 1 aromatic heterocycles. The van der Waals surface area contributed by atoms with E-state index < -0.39 is 0 Å². The van der Waals surface area contributed by atoms with Crippen LogP contribution in [0.5, 0.6) is 5.75 Å². The predicted octanol–water partition coefficient (Wildman–Crippen LogP) is 2.31. The van der Waals surface area contributed by atoms with Gasteiger partial charge in [-0.1, -0.05) is 6.92 Å². The summed E-state index contributed by atoms with van der Waals surface area (Å²) in [5.74, 6) is 2.02. The highest BCUT2D eigenvalue weighted by Gasteiger charge is 2.06. The molecule has 4 nitrogen and oxygen atoms in total. The zero-order valence-electron chi connectivity index (χ0n) is 8.73. The topological polar surface area (TPSA) is 48.2 Å². The predicted molar refractivity (Wildman–Crippen MR) is 55.7 cm³/mol. The number of ether oxygens (including phenoxy) is 1. The standard InChI is InChI=1S/C11H12N2O2/c1-3-10-12-13-11(15-10)8-4-6-9(14-2)7-5-8/h4-7H,3H2,1-2H3. The lowest BCUT2D eigenvalue weighted by molar-refractivity contribution is 0.415. The molecular formula is C11H12N2O2. The fourth-order valence-electron chi connectivity index (χ4n) is 1.25. The maximum Gasteiger partial charge on any atom is 0.247 e. The summed E-state index contributed by atoms with van der Waals surface area (Å²) in [7, 11) is 1.64. The summed E-state index contributed by atoms with van der Waals surface area (Å²) in [5, 5.41) is 7.86. The van der Waals surface area contributed by atoms with Gasteiger partial charge < -0.3 is 9.15 Å². The second-order valence-electron chi connectivity index (χ2n) is 3.08. The van der Waals surface area contributed by atoms with E-state index in [2.05, 4.69) is 10.2 Å². The number of nitrogens with zero attached hydrogens (tertiary/aromatic N) is 2. The lowest BCUT2D eigenvalue weighted by atomic mass is 10.2. The van der Waals surface area contributed by atoms with Crippen molar-refractivity contribution in [1.82, 2.24) is 10.2 Å². The first-order valence-corrected chi connectivity index (χ1v) is 4.80. The van der Waals surface area contributed by atoms with E-state index in [-0.39, 0.29) is 0 Å². The van der Waals surface area contributed by atoms with Gasteiger partial charge in [0.25, 0.3) is 0 Å². The summed E-state index contributed by atoms with van der Waals surface area (Å²) in [5.41, 5.74) is 0.906. The number of aromatic nitrogens is 2. The summed E-state index contributed by atoms with van der Waals surface area (Å²) in [4.78, 5) is 0. The Hall–Kier alpha value is -1.84. The molecule has 0 unspecified atom stereocenters. The van der Waals surface area contributed by atoms with E-state index in [9.17, 15) is 0 Å². The van der Waals surface area contributed by atoms with Gasteiger partial charge in [-0.3, -0.25) is 0 Å². The van der Waals surface area contributed by atoms with Gasteiger partial charge in [-0.05, 0) is 24.3 Å². The molecule has 0 aliphatic carbocycles. The van der Waals surface area contributed by atoms with Gasteiger partial charge in [0.15, 0.2) is 0 Å². The van der Waals surface area contributed by atoms with Crippen LogP contribution < -0.4 is 4.74 Å². The summed E-state index contributed by atoms with van der Waals surface area (Å²) in [6.07, 6.45) is 0.753. The van der Waals surface area contributed by atoms with Gasteiger partial charge in [0.05, 0.1) is 7.11 Å². The van der Waals surface area contributed by atoms with Crippen molar-refractivity contribution in [3.8, 4) is 17.2 Å². The van der Waals surface area contributed by atoms with Crippen molar-refractivity contribution in [2.45, 2.75) is 13.3 Å². The Morgan fingerprint density at radius 1 is 1.20 bits per heavy atom. The zero-order chi connectivity index (χ0) is 10.7. The Kier molecular flexibility index (Phi) is 2.67. The van der Waals surface area contributed by atoms with Gasteiger partial charge in [0, 0.05) is 12.0 Å². The second-order valence-corrected chi connectivity index (χ2v) is 3.08. The van der Waals surface area contributed by atoms with E-state index >= 15 is 0 Å². The van der Waals surface area contributed by atoms with E-state index in [0.29, 0.717) is 11.8 Å². The number of aryl methyl sites for hydroxylation is 1. The zero-order valence-corrected chi connectivity index (χ0v) is 8.73. The minimum Gasteiger partial charge on any atom is -0.497 e. The van der Waals surface area contributed by atoms with Crippen LogP contribution in [0.4, 0.5) is 0 Å². The van der Waals surface area contributed by atoms with E-state index in [1.165, 1.54) is 0 Å². The molecule has 4 heteroatoms. The Labute approximate surface area is 87.9 Å². The highest BCUT2D eigenvalue weighted by atomic mass is 16.5. The Morgan fingerprint density at radius 2 is 1.93 bits per heavy atom. The monoisotopic (exact) mass is 204 g/mol. The maximum atomic E-state index is 5.43. The first-order valence-electron chi connectivity index (χ1n) is 4.80. The molecule has 15 heavy (non-hydrogen) atoms. The van der Waals surface area contributed by atoms with E-state index in [1.54, 1.807) is 7.11 Å². The SMILES string of the molecule is CCc1nnc(-c2ccc(OC)cc2)o1. The van der Waals surface area contributed by atoms with Crippen molar-refractivity contribution in [2.75, 3.05) is 7.11 Å². The van der Waals surface area contributed by atoms with Gasteiger partial charge in [-0.2, -0.15) is 0 Å². The normalized spacial score (nSPS) is 10.3. The molecule has 78 valence electrons. The number of methoxy groups -OCH3 is 1. The van der Waals surface area contributed by atoms with Crippen LogP contribution in [0, 0.1) is 0 Å². The van der Waals surface area contributed by atoms with Gasteiger partial charge in [0.2, 0.25) is 11.8 Å². The molecule has 0 saturated carbocycles. The van der Waals surface area contributed by atoms with E-state index in [0.717, 1.165) is 17.7 Å². The summed E-state index contributed by atoms with van der Waals surface area (Å²) >= 11 is 0. The minimum atomic E-state index is 0.550. The number of hydrogen-bond donors (Lipinski definition) is 0. The summed E-state index contributed by atoms with van der Waals surface area (Å²) in [6.45, 7) is 1.98. The van der Waals surface area contributed by atoms with Crippen LogP contribution in [0.3, 0.4) is 0 Å². The molecule has 0 radical (unpaired) electrons. The Bertz CT molecular complexity index is 434. The van der Waals surface area contributed by atoms with Crippen LogP contribution in [0.15, 0.2) is 28.7 Å². The first-order chi connectivity index (χ1) is 7.33. The molecule has 0 atom stereocenters. The second kappa shape index (κ2) is 4.13. The summed E-state index contributed by atoms with van der Waals surface area (Å²) in [6, 6.07) is 7.52. The van der Waals surface area contributed by atoms with Gasteiger partial charge in [-0.25, -0.2) is 0 Å². The first kappa shape index (κ1) is 9.71. The van der Waals surface area contributed by atoms with Crippen molar-refractivity contribution in [2.24, 2.45) is 0 Å². The van der Waals surface area contributed by atoms with E-state index in [1.807, 2.05) is 31.2 Å². The lowest BCUT2D eigenvalue weighted by Gasteiger charge is -1.98. The fraction of sp³-hybridized carbons (Fsp3) is 0.273. The number of rotatable bonds is 3. The molecule has 1 aromatic carbocycles. The highest BCUT2D eigenvalue weighted by molar-refractivity contribution is 5.53. The average molecular weight is 204 g/mol. The molecular weight excluding hydrogens is 192 g/mol. The molecule has 0 N–H and O–H groups in total. The van der Waals surface area contributed by atoms with E-state index in [4.69, 9.17) is 9.15 Å². The lowest BCUT2D eigenvalue weighted by Crippen LogP contribution is -1.82. The largest absolute Gasteiger partial charge is 0.497 e. The Balaban J connectivity index is 2.28. The molecule has 0 fully saturated rings. The smallest absolute Gasteiger partial charge is 0.247 e. The van der Waals surface area contributed by atoms with Gasteiger partial charge in [0.1, 0.15) is 5.75 Å². The van der Waals surface area contributed by atoms with Crippen LogP contribution in [-0.2, 0) is 6.42 Å². The molecule has 1 heterocycles. The van der Waals surface area contributed by atoms with Crippen molar-refractivity contribution in [3.05, 3.63) is 30.2 Å². The van der Waals surface area contributed by atoms with Crippen LogP contribution in [-0.4, -0.2) is 17.3 Å². The fourth-order valence-corrected chi connectivity index (χ4v) is 1.25. The molecule has 0 aliphatic rings. The quantitative estimate of drug-likeness (QED) is 0.769.